The SMILES string of the molecule is CCC(C)CN1CCCN(c2ccc(Nc3ncnc4cc(OCCOC)c(OC)cc34)c(C3=CC(=O)C=CC3=O)c2)CC1. The van der Waals surface area contributed by atoms with Crippen LogP contribution in [0.1, 0.15) is 32.3 Å². The molecule has 1 unspecified atom stereocenters. The monoisotopic (exact) mass is 599 g/mol. The van der Waals surface area contributed by atoms with Crippen molar-refractivity contribution in [1.29, 1.82) is 0 Å². The van der Waals surface area contributed by atoms with E-state index in [1.54, 1.807) is 20.3 Å². The smallest absolute Gasteiger partial charge is 0.186 e. The number of anilines is 3. The van der Waals surface area contributed by atoms with Crippen LogP contribution in [-0.2, 0) is 14.3 Å². The summed E-state index contributed by atoms with van der Waals surface area (Å²) in [5, 5.41) is 4.14. The van der Waals surface area contributed by atoms with Crippen molar-refractivity contribution < 1.29 is 23.8 Å². The van der Waals surface area contributed by atoms with Crippen molar-refractivity contribution in [2.75, 3.05) is 70.4 Å². The van der Waals surface area contributed by atoms with Gasteiger partial charge in [-0.1, -0.05) is 20.3 Å². The van der Waals surface area contributed by atoms with Crippen LogP contribution in [0.25, 0.3) is 16.5 Å². The van der Waals surface area contributed by atoms with Gasteiger partial charge in [0.2, 0.25) is 0 Å². The average Bonchev–Trinajstić information content (AvgIpc) is 3.27. The van der Waals surface area contributed by atoms with Crippen molar-refractivity contribution in [3.8, 4) is 11.5 Å². The van der Waals surface area contributed by atoms with Gasteiger partial charge in [-0.25, -0.2) is 9.97 Å². The molecule has 5 rings (SSSR count). The van der Waals surface area contributed by atoms with E-state index in [4.69, 9.17) is 14.2 Å². The minimum Gasteiger partial charge on any atom is -0.493 e. The van der Waals surface area contributed by atoms with Gasteiger partial charge in [-0.15, -0.1) is 0 Å². The van der Waals surface area contributed by atoms with Crippen LogP contribution in [0.5, 0.6) is 11.5 Å². The largest absolute Gasteiger partial charge is 0.493 e. The number of carbonyl (C=O) groups excluding carboxylic acids is 2. The molecule has 1 aliphatic carbocycles. The van der Waals surface area contributed by atoms with Crippen LogP contribution in [0.2, 0.25) is 0 Å². The molecule has 1 aliphatic heterocycles. The Morgan fingerprint density at radius 3 is 2.64 bits per heavy atom. The van der Waals surface area contributed by atoms with Gasteiger partial charge in [0.1, 0.15) is 18.8 Å². The second-order valence-corrected chi connectivity index (χ2v) is 11.3. The lowest BCUT2D eigenvalue weighted by atomic mass is 9.94. The molecule has 1 fully saturated rings. The van der Waals surface area contributed by atoms with Crippen molar-refractivity contribution in [3.63, 3.8) is 0 Å². The molecule has 1 atom stereocenters. The number of hydrogen-bond donors (Lipinski definition) is 1. The minimum absolute atomic E-state index is 0.215. The molecular formula is C34H41N5O5. The first-order chi connectivity index (χ1) is 21.4. The van der Waals surface area contributed by atoms with E-state index in [0.29, 0.717) is 64.2 Å². The van der Waals surface area contributed by atoms with Crippen LogP contribution in [0.15, 0.2) is 54.9 Å². The fourth-order valence-electron chi connectivity index (χ4n) is 5.56. The normalized spacial score (nSPS) is 16.5. The Morgan fingerprint density at radius 1 is 0.977 bits per heavy atom. The maximum Gasteiger partial charge on any atom is 0.186 e. The summed E-state index contributed by atoms with van der Waals surface area (Å²) >= 11 is 0. The number of fused-ring (bicyclic) bond motifs is 1. The maximum absolute atomic E-state index is 13.1. The molecule has 0 amide bonds. The molecule has 0 bridgehead atoms. The lowest BCUT2D eigenvalue weighted by molar-refractivity contribution is -0.113. The van der Waals surface area contributed by atoms with E-state index < -0.39 is 0 Å². The third kappa shape index (κ3) is 7.26. The number of nitrogens with one attached hydrogen (secondary N) is 1. The summed E-state index contributed by atoms with van der Waals surface area (Å²) in [6.07, 6.45) is 7.76. The molecule has 0 radical (unpaired) electrons. The van der Waals surface area contributed by atoms with Gasteiger partial charge < -0.3 is 29.3 Å². The predicted octanol–water partition coefficient (Wildman–Crippen LogP) is 5.06. The zero-order valence-electron chi connectivity index (χ0n) is 26.0. The lowest BCUT2D eigenvalue weighted by Crippen LogP contribution is -2.33. The zero-order chi connectivity index (χ0) is 31.1. The molecule has 0 spiro atoms. The molecule has 3 aromatic rings. The second-order valence-electron chi connectivity index (χ2n) is 11.3. The van der Waals surface area contributed by atoms with Crippen LogP contribution >= 0.6 is 0 Å². The van der Waals surface area contributed by atoms with Gasteiger partial charge in [0.25, 0.3) is 0 Å². The Bertz CT molecular complexity index is 1570. The van der Waals surface area contributed by atoms with Gasteiger partial charge in [-0.3, -0.25) is 9.59 Å². The van der Waals surface area contributed by atoms with Crippen LogP contribution in [0, 0.1) is 5.92 Å². The average molecular weight is 600 g/mol. The van der Waals surface area contributed by atoms with Crippen molar-refractivity contribution in [3.05, 3.63) is 60.5 Å². The quantitative estimate of drug-likeness (QED) is 0.224. The summed E-state index contributed by atoms with van der Waals surface area (Å²) < 4.78 is 16.6. The Kier molecular flexibility index (Phi) is 10.2. The van der Waals surface area contributed by atoms with Gasteiger partial charge in [0.15, 0.2) is 23.1 Å². The Morgan fingerprint density at radius 2 is 1.84 bits per heavy atom. The highest BCUT2D eigenvalue weighted by Gasteiger charge is 2.23. The summed E-state index contributed by atoms with van der Waals surface area (Å²) in [5.74, 6) is 1.85. The highest BCUT2D eigenvalue weighted by molar-refractivity contribution is 6.34. The number of aromatic nitrogens is 2. The van der Waals surface area contributed by atoms with E-state index in [2.05, 4.69) is 45.0 Å². The first-order valence-electron chi connectivity index (χ1n) is 15.2. The summed E-state index contributed by atoms with van der Waals surface area (Å²) in [7, 11) is 3.20. The van der Waals surface area contributed by atoms with Crippen LogP contribution in [0.3, 0.4) is 0 Å². The molecule has 2 aromatic carbocycles. The van der Waals surface area contributed by atoms with Gasteiger partial charge in [0.05, 0.1) is 19.2 Å². The van der Waals surface area contributed by atoms with Gasteiger partial charge >= 0.3 is 0 Å². The summed E-state index contributed by atoms with van der Waals surface area (Å²) in [6.45, 7) is 10.3. The third-order valence-corrected chi connectivity index (χ3v) is 8.18. The zero-order valence-corrected chi connectivity index (χ0v) is 26.0. The number of rotatable bonds is 12. The highest BCUT2D eigenvalue weighted by Crippen LogP contribution is 2.37. The topological polar surface area (TPSA) is 106 Å². The van der Waals surface area contributed by atoms with Crippen LogP contribution in [0.4, 0.5) is 17.2 Å². The molecule has 44 heavy (non-hydrogen) atoms. The number of benzene rings is 2. The molecule has 10 heteroatoms. The van der Waals surface area contributed by atoms with Crippen LogP contribution < -0.4 is 19.7 Å². The Hall–Kier alpha value is -4.28. The number of ether oxygens (including phenoxy) is 3. The number of methoxy groups -OCH3 is 2. The van der Waals surface area contributed by atoms with E-state index in [9.17, 15) is 9.59 Å². The first-order valence-corrected chi connectivity index (χ1v) is 15.2. The second kappa shape index (κ2) is 14.5. The van der Waals surface area contributed by atoms with E-state index in [1.165, 1.54) is 31.0 Å². The van der Waals surface area contributed by atoms with E-state index in [-0.39, 0.29) is 11.6 Å². The number of allylic oxidation sites excluding steroid dienone is 4. The minimum atomic E-state index is -0.218. The van der Waals surface area contributed by atoms with Crippen LogP contribution in [-0.4, -0.2) is 86.6 Å². The standard InChI is InChI=1S/C34H41N5O5/c1-5-23(2)21-38-11-6-12-39(14-13-38)24-7-9-29(26(17-24)27-18-25(40)8-10-31(27)41)37-34-28-19-32(43-4)33(44-16-15-42-3)20-30(28)35-22-36-34/h7-10,17-20,22-23H,5-6,11-16,21H2,1-4H3,(H,35,36,37). The number of carbonyl (C=O) groups is 2. The molecule has 10 nitrogen and oxygen atoms in total. The highest BCUT2D eigenvalue weighted by atomic mass is 16.5. The molecule has 1 saturated heterocycles. The molecule has 0 saturated carbocycles. The van der Waals surface area contributed by atoms with Gasteiger partial charge in [-0.05, 0) is 61.4 Å². The van der Waals surface area contributed by atoms with Crippen molar-refractivity contribution >= 4 is 45.2 Å². The molecule has 232 valence electrons. The fraction of sp³-hybridized carbons (Fsp3) is 0.412. The number of nitrogens with zero attached hydrogens (tertiary/aromatic N) is 4. The molecule has 1 N–H and O–H groups in total. The van der Waals surface area contributed by atoms with E-state index >= 15 is 0 Å². The summed E-state index contributed by atoms with van der Waals surface area (Å²) in [5.41, 5.74) is 3.32. The first kappa shape index (κ1) is 31.2. The molecule has 2 heterocycles. The van der Waals surface area contributed by atoms with E-state index in [1.807, 2.05) is 18.2 Å². The maximum atomic E-state index is 13.1. The molecule has 1 aromatic heterocycles. The molecule has 2 aliphatic rings. The number of hydrogen-bond acceptors (Lipinski definition) is 10. The lowest BCUT2D eigenvalue weighted by Gasteiger charge is -2.26. The van der Waals surface area contributed by atoms with E-state index in [0.717, 1.165) is 44.8 Å². The number of ketones is 2. The van der Waals surface area contributed by atoms with Crippen molar-refractivity contribution in [2.45, 2.75) is 26.7 Å². The fourth-order valence-corrected chi connectivity index (χ4v) is 5.56. The molecular weight excluding hydrogens is 558 g/mol. The summed E-state index contributed by atoms with van der Waals surface area (Å²) in [6, 6.07) is 9.66. The predicted molar refractivity (Wildman–Crippen MR) is 173 cm³/mol. The Balaban J connectivity index is 1.49. The van der Waals surface area contributed by atoms with Gasteiger partial charge in [-0.2, -0.15) is 0 Å². The van der Waals surface area contributed by atoms with Crippen molar-refractivity contribution in [1.82, 2.24) is 14.9 Å². The Labute approximate surface area is 258 Å². The summed E-state index contributed by atoms with van der Waals surface area (Å²) in [4.78, 5) is 39.4. The third-order valence-electron chi connectivity index (χ3n) is 8.18. The van der Waals surface area contributed by atoms with Gasteiger partial charge in [0, 0.05) is 67.3 Å². The van der Waals surface area contributed by atoms with Crippen molar-refractivity contribution in [2.24, 2.45) is 5.92 Å².